The number of carbonyl (C=O) groups excluding carboxylic acids is 1. The molecule has 2 heterocycles. The van der Waals surface area contributed by atoms with Crippen LogP contribution >= 0.6 is 0 Å². The third-order valence-electron chi connectivity index (χ3n) is 5.65. The summed E-state index contributed by atoms with van der Waals surface area (Å²) in [5.41, 5.74) is 0.818. The Bertz CT molecular complexity index is 777. The summed E-state index contributed by atoms with van der Waals surface area (Å²) in [6.07, 6.45) is 0. The Balaban J connectivity index is 1.63. The number of rotatable bonds is 4. The molecule has 0 aromatic heterocycles. The SMILES string of the molecule is CN1CC2(C)CN(CC(=O)Nc3cccc(S(N)(=O)=O)c3)CC2(C)C1. The molecule has 0 aliphatic carbocycles. The van der Waals surface area contributed by atoms with E-state index < -0.39 is 10.0 Å². The first kappa shape index (κ1) is 18.3. The van der Waals surface area contributed by atoms with Crippen molar-refractivity contribution in [1.29, 1.82) is 0 Å². The van der Waals surface area contributed by atoms with Crippen molar-refractivity contribution in [1.82, 2.24) is 9.80 Å². The van der Waals surface area contributed by atoms with Crippen LogP contribution in [0, 0.1) is 10.8 Å². The fourth-order valence-electron chi connectivity index (χ4n) is 4.42. The van der Waals surface area contributed by atoms with E-state index in [4.69, 9.17) is 5.14 Å². The van der Waals surface area contributed by atoms with Crippen LogP contribution in [0.25, 0.3) is 0 Å². The Labute approximate surface area is 149 Å². The fourth-order valence-corrected chi connectivity index (χ4v) is 4.98. The minimum Gasteiger partial charge on any atom is -0.325 e. The topological polar surface area (TPSA) is 95.7 Å². The maximum atomic E-state index is 12.4. The van der Waals surface area contributed by atoms with Crippen LogP contribution in [0.5, 0.6) is 0 Å². The number of carbonyl (C=O) groups is 1. The average Bonchev–Trinajstić information content (AvgIpc) is 2.79. The predicted molar refractivity (Wildman–Crippen MR) is 96.6 cm³/mol. The van der Waals surface area contributed by atoms with E-state index in [0.29, 0.717) is 12.2 Å². The minimum atomic E-state index is -3.78. The van der Waals surface area contributed by atoms with Gasteiger partial charge in [-0.3, -0.25) is 9.69 Å². The van der Waals surface area contributed by atoms with Gasteiger partial charge in [0, 0.05) is 42.7 Å². The van der Waals surface area contributed by atoms with Gasteiger partial charge in [0.25, 0.3) is 0 Å². The average molecular weight is 366 g/mol. The second kappa shape index (κ2) is 6.05. The number of sulfonamides is 1. The third-order valence-corrected chi connectivity index (χ3v) is 6.56. The molecule has 1 aromatic carbocycles. The summed E-state index contributed by atoms with van der Waals surface area (Å²) in [5.74, 6) is -0.146. The van der Waals surface area contributed by atoms with Crippen molar-refractivity contribution < 1.29 is 13.2 Å². The van der Waals surface area contributed by atoms with Crippen LogP contribution in [0.1, 0.15) is 13.8 Å². The Morgan fingerprint density at radius 3 is 2.36 bits per heavy atom. The summed E-state index contributed by atoms with van der Waals surface area (Å²) in [5, 5.41) is 7.90. The van der Waals surface area contributed by atoms with Crippen LogP contribution in [0.4, 0.5) is 5.69 Å². The number of nitrogens with one attached hydrogen (secondary N) is 1. The van der Waals surface area contributed by atoms with E-state index in [9.17, 15) is 13.2 Å². The minimum absolute atomic E-state index is 0.0101. The molecule has 2 unspecified atom stereocenters. The fraction of sp³-hybridized carbons (Fsp3) is 0.588. The molecule has 2 atom stereocenters. The van der Waals surface area contributed by atoms with Gasteiger partial charge >= 0.3 is 0 Å². The van der Waals surface area contributed by atoms with Crippen molar-refractivity contribution in [2.24, 2.45) is 16.0 Å². The van der Waals surface area contributed by atoms with Gasteiger partial charge in [-0.1, -0.05) is 19.9 Å². The Morgan fingerprint density at radius 2 is 1.80 bits per heavy atom. The highest BCUT2D eigenvalue weighted by atomic mass is 32.2. The van der Waals surface area contributed by atoms with Crippen molar-refractivity contribution in [3.63, 3.8) is 0 Å². The first-order chi connectivity index (χ1) is 11.5. The van der Waals surface area contributed by atoms with E-state index in [1.165, 1.54) is 12.1 Å². The molecule has 0 bridgehead atoms. The molecule has 2 aliphatic heterocycles. The van der Waals surface area contributed by atoms with E-state index in [2.05, 4.69) is 36.0 Å². The molecule has 1 aromatic rings. The highest BCUT2D eigenvalue weighted by molar-refractivity contribution is 7.89. The smallest absolute Gasteiger partial charge is 0.238 e. The van der Waals surface area contributed by atoms with Crippen LogP contribution in [0.2, 0.25) is 0 Å². The van der Waals surface area contributed by atoms with Crippen LogP contribution < -0.4 is 10.5 Å². The largest absolute Gasteiger partial charge is 0.325 e. The van der Waals surface area contributed by atoms with Gasteiger partial charge < -0.3 is 10.2 Å². The molecule has 3 rings (SSSR count). The van der Waals surface area contributed by atoms with Crippen molar-refractivity contribution in [2.75, 3.05) is 45.1 Å². The number of nitrogens with two attached hydrogens (primary N) is 1. The molecular weight excluding hydrogens is 340 g/mol. The summed E-state index contributed by atoms with van der Waals surface area (Å²) in [6, 6.07) is 6.00. The quantitative estimate of drug-likeness (QED) is 0.811. The van der Waals surface area contributed by atoms with E-state index in [1.807, 2.05) is 0 Å². The number of benzene rings is 1. The first-order valence-electron chi connectivity index (χ1n) is 8.34. The predicted octanol–water partition coefficient (Wildman–Crippen LogP) is 0.546. The second-order valence-corrected chi connectivity index (χ2v) is 9.62. The molecule has 0 saturated carbocycles. The number of amides is 1. The zero-order chi connectivity index (χ0) is 18.5. The maximum absolute atomic E-state index is 12.4. The first-order valence-corrected chi connectivity index (χ1v) is 9.89. The van der Waals surface area contributed by atoms with Crippen LogP contribution in [0.3, 0.4) is 0 Å². The molecule has 0 radical (unpaired) electrons. The molecule has 25 heavy (non-hydrogen) atoms. The van der Waals surface area contributed by atoms with Gasteiger partial charge in [-0.2, -0.15) is 0 Å². The summed E-state index contributed by atoms with van der Waals surface area (Å²) >= 11 is 0. The number of nitrogens with zero attached hydrogens (tertiary/aromatic N) is 2. The van der Waals surface area contributed by atoms with Crippen molar-refractivity contribution in [3.05, 3.63) is 24.3 Å². The second-order valence-electron chi connectivity index (χ2n) is 8.06. The maximum Gasteiger partial charge on any atom is 0.238 e. The van der Waals surface area contributed by atoms with E-state index in [0.717, 1.165) is 26.2 Å². The third kappa shape index (κ3) is 3.57. The van der Waals surface area contributed by atoms with Gasteiger partial charge in [-0.15, -0.1) is 0 Å². The van der Waals surface area contributed by atoms with Gasteiger partial charge in [0.1, 0.15) is 0 Å². The van der Waals surface area contributed by atoms with E-state index in [1.54, 1.807) is 12.1 Å². The lowest BCUT2D eigenvalue weighted by Gasteiger charge is -2.31. The zero-order valence-electron chi connectivity index (χ0n) is 14.9. The molecule has 3 N–H and O–H groups in total. The summed E-state index contributed by atoms with van der Waals surface area (Å²) in [7, 11) is -1.64. The monoisotopic (exact) mass is 366 g/mol. The molecule has 2 saturated heterocycles. The lowest BCUT2D eigenvalue weighted by molar-refractivity contribution is -0.117. The van der Waals surface area contributed by atoms with Crippen molar-refractivity contribution >= 4 is 21.6 Å². The molecule has 0 spiro atoms. The summed E-state index contributed by atoms with van der Waals surface area (Å²) in [4.78, 5) is 16.9. The van der Waals surface area contributed by atoms with Crippen LogP contribution in [-0.2, 0) is 14.8 Å². The lowest BCUT2D eigenvalue weighted by Crippen LogP contribution is -2.36. The molecular formula is C17H26N4O3S. The summed E-state index contributed by atoms with van der Waals surface area (Å²) < 4.78 is 22.8. The highest BCUT2D eigenvalue weighted by Gasteiger charge is 2.56. The lowest BCUT2D eigenvalue weighted by atomic mass is 9.71. The van der Waals surface area contributed by atoms with Gasteiger partial charge in [-0.05, 0) is 25.2 Å². The number of likely N-dealkylation sites (tertiary alicyclic amines) is 2. The standard InChI is InChI=1S/C17H26N4O3S/c1-16-9-20(3)10-17(16,2)12-21(11-16)8-15(22)19-13-5-4-6-14(7-13)25(18,23)24/h4-7H,8-12H2,1-3H3,(H,19,22)(H2,18,23,24). The molecule has 2 aliphatic rings. The molecule has 1 amide bonds. The van der Waals surface area contributed by atoms with Gasteiger partial charge in [0.15, 0.2) is 0 Å². The molecule has 2 fully saturated rings. The molecule has 7 nitrogen and oxygen atoms in total. The molecule has 138 valence electrons. The normalized spacial score (nSPS) is 30.4. The van der Waals surface area contributed by atoms with Crippen LogP contribution in [0.15, 0.2) is 29.2 Å². The Kier molecular flexibility index (Phi) is 4.43. The Hall–Kier alpha value is -1.48. The van der Waals surface area contributed by atoms with Crippen LogP contribution in [-0.4, -0.2) is 63.9 Å². The van der Waals surface area contributed by atoms with E-state index >= 15 is 0 Å². The zero-order valence-corrected chi connectivity index (χ0v) is 15.8. The number of hydrogen-bond donors (Lipinski definition) is 2. The van der Waals surface area contributed by atoms with Gasteiger partial charge in [0.05, 0.1) is 11.4 Å². The van der Waals surface area contributed by atoms with Crippen molar-refractivity contribution in [3.8, 4) is 0 Å². The van der Waals surface area contributed by atoms with E-state index in [-0.39, 0.29) is 21.6 Å². The summed E-state index contributed by atoms with van der Waals surface area (Å²) in [6.45, 7) is 8.75. The Morgan fingerprint density at radius 1 is 1.20 bits per heavy atom. The number of primary sulfonamides is 1. The van der Waals surface area contributed by atoms with Gasteiger partial charge in [0.2, 0.25) is 15.9 Å². The van der Waals surface area contributed by atoms with Gasteiger partial charge in [-0.25, -0.2) is 13.6 Å². The highest BCUT2D eigenvalue weighted by Crippen LogP contribution is 2.50. The number of fused-ring (bicyclic) bond motifs is 1. The van der Waals surface area contributed by atoms with Crippen molar-refractivity contribution in [2.45, 2.75) is 18.7 Å². The number of hydrogen-bond acceptors (Lipinski definition) is 5. The molecule has 8 heteroatoms. The number of anilines is 1.